The van der Waals surface area contributed by atoms with Gasteiger partial charge in [-0.05, 0) is 46.3 Å². The molecule has 0 atom stereocenters. The molecule has 4 aromatic rings. The van der Waals surface area contributed by atoms with Crippen molar-refractivity contribution in [3.63, 3.8) is 0 Å². The van der Waals surface area contributed by atoms with Crippen molar-refractivity contribution >= 4 is 61.0 Å². The summed E-state index contributed by atoms with van der Waals surface area (Å²) in [4.78, 5) is 13.8. The number of benzene rings is 1. The van der Waals surface area contributed by atoms with Gasteiger partial charge in [0, 0.05) is 22.9 Å². The molecule has 0 amide bonds. The van der Waals surface area contributed by atoms with Crippen LogP contribution >= 0.6 is 39.7 Å². The number of ether oxygens (including phenoxy) is 1. The van der Waals surface area contributed by atoms with E-state index in [0.717, 1.165) is 16.4 Å². The van der Waals surface area contributed by atoms with Crippen LogP contribution in [-0.2, 0) is 0 Å². The van der Waals surface area contributed by atoms with E-state index in [4.69, 9.17) is 10.00 Å². The molecular weight excluding hydrogens is 469 g/mol. The van der Waals surface area contributed by atoms with Crippen molar-refractivity contribution in [3.8, 4) is 17.6 Å². The van der Waals surface area contributed by atoms with Crippen LogP contribution < -0.4 is 10.1 Å². The number of aromatic nitrogens is 3. The van der Waals surface area contributed by atoms with Gasteiger partial charge in [0.1, 0.15) is 10.3 Å². The van der Waals surface area contributed by atoms with E-state index in [1.165, 1.54) is 23.5 Å². The van der Waals surface area contributed by atoms with Crippen molar-refractivity contribution in [2.24, 2.45) is 0 Å². The highest BCUT2D eigenvalue weighted by Gasteiger charge is 2.14. The van der Waals surface area contributed by atoms with Crippen molar-refractivity contribution in [1.82, 2.24) is 15.0 Å². The van der Waals surface area contributed by atoms with Gasteiger partial charge in [0.15, 0.2) is 28.3 Å². The van der Waals surface area contributed by atoms with E-state index >= 15 is 0 Å². The van der Waals surface area contributed by atoms with E-state index in [-0.39, 0.29) is 23.7 Å². The number of nitriles is 1. The summed E-state index contributed by atoms with van der Waals surface area (Å²) >= 11 is 4.70. The van der Waals surface area contributed by atoms with E-state index in [2.05, 4.69) is 36.2 Å². The first kappa shape index (κ1) is 19.9. The number of pyridine rings is 2. The van der Waals surface area contributed by atoms with Crippen molar-refractivity contribution in [2.75, 3.05) is 5.32 Å². The Labute approximate surface area is 177 Å². The second-order valence-electron chi connectivity index (χ2n) is 5.33. The topological polar surface area (TPSA) is 83.7 Å². The quantitative estimate of drug-likeness (QED) is 0.398. The maximum atomic E-state index is 14.2. The lowest BCUT2D eigenvalue weighted by Crippen LogP contribution is -1.98. The van der Waals surface area contributed by atoms with Crippen LogP contribution in [0.2, 0.25) is 0 Å². The maximum Gasteiger partial charge on any atom is 0.191 e. The number of nitrogens with zero attached hydrogens (tertiary/aromatic N) is 4. The second kappa shape index (κ2) is 8.48. The number of hydrogen-bond donors (Lipinski definition) is 1. The molecule has 0 saturated heterocycles. The lowest BCUT2D eigenvalue weighted by atomic mass is 10.2. The first-order chi connectivity index (χ1) is 13.1. The summed E-state index contributed by atoms with van der Waals surface area (Å²) in [6.07, 6.45) is 3.29. The average Bonchev–Trinajstić information content (AvgIpc) is 3.08. The molecule has 0 radical (unpaired) electrons. The Hall–Kier alpha value is -2.80. The van der Waals surface area contributed by atoms with Gasteiger partial charge in [-0.15, -0.1) is 12.4 Å². The fourth-order valence-corrected chi connectivity index (χ4v) is 3.41. The van der Waals surface area contributed by atoms with Gasteiger partial charge in [-0.25, -0.2) is 19.3 Å². The number of anilines is 2. The van der Waals surface area contributed by atoms with Gasteiger partial charge in [-0.2, -0.15) is 5.26 Å². The minimum Gasteiger partial charge on any atom is -0.450 e. The smallest absolute Gasteiger partial charge is 0.191 e. The SMILES string of the molecule is Cl.N#Cc1ccc(Oc2cc(Br)cnc2Nc2nc3cccnc3s2)c(F)c1. The monoisotopic (exact) mass is 477 g/mol. The molecule has 0 aliphatic heterocycles. The van der Waals surface area contributed by atoms with Crippen LogP contribution in [0.1, 0.15) is 5.56 Å². The molecule has 0 spiro atoms. The summed E-state index contributed by atoms with van der Waals surface area (Å²) in [6, 6.07) is 11.2. The molecule has 28 heavy (non-hydrogen) atoms. The Balaban J connectivity index is 0.00000225. The highest BCUT2D eigenvalue weighted by molar-refractivity contribution is 9.10. The van der Waals surface area contributed by atoms with E-state index in [1.54, 1.807) is 18.5 Å². The lowest BCUT2D eigenvalue weighted by Gasteiger charge is -2.11. The molecule has 0 unspecified atom stereocenters. The van der Waals surface area contributed by atoms with Crippen LogP contribution in [0.3, 0.4) is 0 Å². The van der Waals surface area contributed by atoms with Crippen LogP contribution in [0.4, 0.5) is 15.3 Å². The Morgan fingerprint density at radius 3 is 2.79 bits per heavy atom. The average molecular weight is 479 g/mol. The molecule has 0 aliphatic rings. The van der Waals surface area contributed by atoms with Crippen molar-refractivity contribution in [2.45, 2.75) is 0 Å². The minimum atomic E-state index is -0.635. The minimum absolute atomic E-state index is 0. The third-order valence-corrected chi connectivity index (χ3v) is 4.82. The Bertz CT molecular complexity index is 1160. The highest BCUT2D eigenvalue weighted by atomic mass is 79.9. The number of nitrogens with one attached hydrogen (secondary N) is 1. The van der Waals surface area contributed by atoms with Crippen LogP contribution in [0.25, 0.3) is 10.3 Å². The molecule has 1 N–H and O–H groups in total. The summed E-state index contributed by atoms with van der Waals surface area (Å²) < 4.78 is 20.5. The second-order valence-corrected chi connectivity index (χ2v) is 7.22. The molecule has 0 aliphatic carbocycles. The largest absolute Gasteiger partial charge is 0.450 e. The molecule has 3 heterocycles. The number of fused-ring (bicyclic) bond motifs is 1. The first-order valence-electron chi connectivity index (χ1n) is 7.64. The predicted octanol–water partition coefficient (Wildman–Crippen LogP) is 5.82. The molecule has 0 fully saturated rings. The van der Waals surface area contributed by atoms with Crippen LogP contribution in [0.5, 0.6) is 11.5 Å². The molecule has 1 aromatic carbocycles. The van der Waals surface area contributed by atoms with E-state index in [1.807, 2.05) is 18.2 Å². The zero-order chi connectivity index (χ0) is 18.8. The van der Waals surface area contributed by atoms with Crippen LogP contribution in [0.15, 0.2) is 53.3 Å². The van der Waals surface area contributed by atoms with Crippen LogP contribution in [-0.4, -0.2) is 15.0 Å². The number of hydrogen-bond acceptors (Lipinski definition) is 7. The fourth-order valence-electron chi connectivity index (χ4n) is 2.29. The van der Waals surface area contributed by atoms with Gasteiger partial charge in [0.2, 0.25) is 0 Å². The summed E-state index contributed by atoms with van der Waals surface area (Å²) in [5.74, 6) is 0.0355. The van der Waals surface area contributed by atoms with Gasteiger partial charge in [-0.1, -0.05) is 11.3 Å². The molecular formula is C18H10BrClFN5OS. The zero-order valence-electron chi connectivity index (χ0n) is 13.9. The Morgan fingerprint density at radius 1 is 1.18 bits per heavy atom. The van der Waals surface area contributed by atoms with Crippen LogP contribution in [0, 0.1) is 17.1 Å². The van der Waals surface area contributed by atoms with E-state index in [0.29, 0.717) is 21.2 Å². The van der Waals surface area contributed by atoms with Gasteiger partial charge < -0.3 is 10.1 Å². The van der Waals surface area contributed by atoms with E-state index in [9.17, 15) is 4.39 Å². The molecule has 4 rings (SSSR count). The maximum absolute atomic E-state index is 14.2. The first-order valence-corrected chi connectivity index (χ1v) is 9.25. The molecule has 10 heteroatoms. The summed E-state index contributed by atoms with van der Waals surface area (Å²) in [6.45, 7) is 0. The third-order valence-electron chi connectivity index (χ3n) is 3.49. The molecule has 0 saturated carbocycles. The van der Waals surface area contributed by atoms with E-state index < -0.39 is 5.82 Å². The van der Waals surface area contributed by atoms with Crippen molar-refractivity contribution in [3.05, 3.63) is 64.6 Å². The summed E-state index contributed by atoms with van der Waals surface area (Å²) in [5.41, 5.74) is 0.982. The van der Waals surface area contributed by atoms with Gasteiger partial charge in [-0.3, -0.25) is 0 Å². The molecule has 140 valence electrons. The Kier molecular flexibility index (Phi) is 6.04. The zero-order valence-corrected chi connectivity index (χ0v) is 17.1. The van der Waals surface area contributed by atoms with Gasteiger partial charge in [0.05, 0.1) is 11.6 Å². The van der Waals surface area contributed by atoms with Gasteiger partial charge in [0.25, 0.3) is 0 Å². The van der Waals surface area contributed by atoms with Crippen molar-refractivity contribution in [1.29, 1.82) is 5.26 Å². The normalized spacial score (nSPS) is 10.2. The molecule has 6 nitrogen and oxygen atoms in total. The van der Waals surface area contributed by atoms with Crippen molar-refractivity contribution < 1.29 is 9.13 Å². The lowest BCUT2D eigenvalue weighted by molar-refractivity contribution is 0.442. The number of thiazole rings is 1. The molecule has 3 aromatic heterocycles. The number of rotatable bonds is 4. The summed E-state index contributed by atoms with van der Waals surface area (Å²) in [7, 11) is 0. The third kappa shape index (κ3) is 4.20. The summed E-state index contributed by atoms with van der Waals surface area (Å²) in [5, 5.41) is 12.5. The Morgan fingerprint density at radius 2 is 2.04 bits per heavy atom. The fraction of sp³-hybridized carbons (Fsp3) is 0. The number of halogens is 3. The standard InChI is InChI=1S/C18H9BrFN5OS.ClH/c19-11-7-15(26-14-4-3-10(8-21)6-12(14)20)16(23-9-11)25-18-24-13-2-1-5-22-17(13)27-18;/h1-7,9H,(H,23,24,25);1H. The highest BCUT2D eigenvalue weighted by Crippen LogP contribution is 2.35. The molecule has 0 bridgehead atoms. The predicted molar refractivity (Wildman–Crippen MR) is 111 cm³/mol. The van der Waals surface area contributed by atoms with Gasteiger partial charge >= 0.3 is 0 Å².